The lowest BCUT2D eigenvalue weighted by Crippen LogP contribution is -2.39. The molecule has 3 N–H and O–H groups in total. The van der Waals surface area contributed by atoms with E-state index in [2.05, 4.69) is 17.6 Å². The van der Waals surface area contributed by atoms with Crippen molar-refractivity contribution in [2.75, 3.05) is 18.5 Å². The first-order valence-electron chi connectivity index (χ1n) is 7.38. The van der Waals surface area contributed by atoms with Crippen molar-refractivity contribution in [3.63, 3.8) is 0 Å². The van der Waals surface area contributed by atoms with Gasteiger partial charge in [0, 0.05) is 17.6 Å². The van der Waals surface area contributed by atoms with Gasteiger partial charge < -0.3 is 15.7 Å². The summed E-state index contributed by atoms with van der Waals surface area (Å²) in [6.45, 7) is 2.47. The minimum atomic E-state index is -0.660. The Bertz CT molecular complexity index is 524. The molecule has 1 fully saturated rings. The van der Waals surface area contributed by atoms with Crippen molar-refractivity contribution in [2.45, 2.75) is 32.6 Å². The van der Waals surface area contributed by atoms with E-state index in [1.165, 1.54) is 0 Å². The van der Waals surface area contributed by atoms with Crippen LogP contribution in [-0.4, -0.2) is 30.1 Å². The highest BCUT2D eigenvalue weighted by Gasteiger charge is 2.42. The van der Waals surface area contributed by atoms with Gasteiger partial charge in [0.25, 0.3) is 0 Å². The molecule has 1 saturated carbocycles. The smallest absolute Gasteiger partial charge is 0.313 e. The number of carbonyl (C=O) groups excluding carboxylic acids is 2. The van der Waals surface area contributed by atoms with Crippen LogP contribution in [-0.2, 0) is 16.0 Å². The number of anilines is 1. The van der Waals surface area contributed by atoms with Crippen LogP contribution in [0, 0.1) is 5.41 Å². The first-order valence-corrected chi connectivity index (χ1v) is 7.38. The van der Waals surface area contributed by atoms with Crippen molar-refractivity contribution < 1.29 is 14.7 Å². The van der Waals surface area contributed by atoms with Crippen LogP contribution in [0.15, 0.2) is 24.3 Å². The lowest BCUT2D eigenvalue weighted by molar-refractivity contribution is -0.136. The SMILES string of the molecule is CCCc1ccccc1NC(=O)C(=O)NCC1(CO)CC1. The maximum Gasteiger partial charge on any atom is 0.313 e. The minimum Gasteiger partial charge on any atom is -0.396 e. The number of carbonyl (C=O) groups is 2. The summed E-state index contributed by atoms with van der Waals surface area (Å²) in [4.78, 5) is 23.7. The first-order chi connectivity index (χ1) is 10.1. The van der Waals surface area contributed by atoms with Gasteiger partial charge in [0.15, 0.2) is 0 Å². The van der Waals surface area contributed by atoms with Gasteiger partial charge in [0.2, 0.25) is 0 Å². The van der Waals surface area contributed by atoms with Gasteiger partial charge in [-0.1, -0.05) is 31.5 Å². The number of aliphatic hydroxyl groups is 1. The summed E-state index contributed by atoms with van der Waals surface area (Å²) in [6, 6.07) is 7.49. The highest BCUT2D eigenvalue weighted by atomic mass is 16.3. The second-order valence-electron chi connectivity index (χ2n) is 5.70. The number of hydrogen-bond acceptors (Lipinski definition) is 3. The van der Waals surface area contributed by atoms with E-state index in [-0.39, 0.29) is 12.0 Å². The molecule has 21 heavy (non-hydrogen) atoms. The van der Waals surface area contributed by atoms with Crippen LogP contribution in [0.1, 0.15) is 31.7 Å². The van der Waals surface area contributed by atoms with Gasteiger partial charge in [-0.15, -0.1) is 0 Å². The Morgan fingerprint density at radius 1 is 1.24 bits per heavy atom. The van der Waals surface area contributed by atoms with Crippen molar-refractivity contribution >= 4 is 17.5 Å². The fourth-order valence-electron chi connectivity index (χ4n) is 2.22. The summed E-state index contributed by atoms with van der Waals surface area (Å²) in [6.07, 6.45) is 3.61. The van der Waals surface area contributed by atoms with Crippen LogP contribution in [0.4, 0.5) is 5.69 Å². The Balaban J connectivity index is 1.90. The third-order valence-corrected chi connectivity index (χ3v) is 3.91. The second-order valence-corrected chi connectivity index (χ2v) is 5.70. The molecule has 2 amide bonds. The van der Waals surface area contributed by atoms with Gasteiger partial charge >= 0.3 is 11.8 Å². The van der Waals surface area contributed by atoms with E-state index in [4.69, 9.17) is 0 Å². The van der Waals surface area contributed by atoms with Gasteiger partial charge in [0.05, 0.1) is 6.61 Å². The lowest BCUT2D eigenvalue weighted by atomic mass is 10.1. The summed E-state index contributed by atoms with van der Waals surface area (Å²) in [7, 11) is 0. The van der Waals surface area contributed by atoms with Gasteiger partial charge in [-0.2, -0.15) is 0 Å². The Hall–Kier alpha value is -1.88. The van der Waals surface area contributed by atoms with Crippen LogP contribution in [0.2, 0.25) is 0 Å². The molecule has 0 atom stereocenters. The van der Waals surface area contributed by atoms with Crippen LogP contribution in [0.3, 0.4) is 0 Å². The third-order valence-electron chi connectivity index (χ3n) is 3.91. The van der Waals surface area contributed by atoms with Crippen molar-refractivity contribution in [1.82, 2.24) is 5.32 Å². The van der Waals surface area contributed by atoms with Crippen LogP contribution >= 0.6 is 0 Å². The molecule has 0 aromatic heterocycles. The highest BCUT2D eigenvalue weighted by molar-refractivity contribution is 6.39. The van der Waals surface area contributed by atoms with Crippen LogP contribution in [0.5, 0.6) is 0 Å². The van der Waals surface area contributed by atoms with E-state index in [0.29, 0.717) is 12.2 Å². The van der Waals surface area contributed by atoms with Gasteiger partial charge in [-0.25, -0.2) is 0 Å². The normalized spacial score (nSPS) is 15.3. The molecular formula is C16H22N2O3. The molecule has 0 heterocycles. The Morgan fingerprint density at radius 2 is 1.95 bits per heavy atom. The minimum absolute atomic E-state index is 0.0498. The fraction of sp³-hybridized carbons (Fsp3) is 0.500. The van der Waals surface area contributed by atoms with Crippen molar-refractivity contribution in [1.29, 1.82) is 0 Å². The standard InChI is InChI=1S/C16H22N2O3/c1-2-5-12-6-3-4-7-13(12)18-15(21)14(20)17-10-16(11-19)8-9-16/h3-4,6-7,19H,2,5,8-11H2,1H3,(H,17,20)(H,18,21). The largest absolute Gasteiger partial charge is 0.396 e. The zero-order valence-corrected chi connectivity index (χ0v) is 12.3. The maximum atomic E-state index is 11.9. The Morgan fingerprint density at radius 3 is 2.57 bits per heavy atom. The van der Waals surface area contributed by atoms with Gasteiger partial charge in [0.1, 0.15) is 0 Å². The molecule has 114 valence electrons. The molecule has 1 aliphatic carbocycles. The van der Waals surface area contributed by atoms with Crippen molar-refractivity contribution in [2.24, 2.45) is 5.41 Å². The molecule has 0 radical (unpaired) electrons. The molecule has 1 aliphatic rings. The zero-order valence-electron chi connectivity index (χ0n) is 12.3. The van der Waals surface area contributed by atoms with E-state index < -0.39 is 11.8 Å². The Kier molecular flexibility index (Phi) is 4.96. The molecule has 0 spiro atoms. The van der Waals surface area contributed by atoms with E-state index >= 15 is 0 Å². The molecule has 5 heteroatoms. The number of nitrogens with one attached hydrogen (secondary N) is 2. The maximum absolute atomic E-state index is 11.9. The molecule has 1 aromatic rings. The summed E-state index contributed by atoms with van der Waals surface area (Å²) < 4.78 is 0. The van der Waals surface area contributed by atoms with Crippen molar-refractivity contribution in [3.8, 4) is 0 Å². The predicted octanol–water partition coefficient (Wildman–Crippen LogP) is 1.47. The summed E-state index contributed by atoms with van der Waals surface area (Å²) >= 11 is 0. The highest BCUT2D eigenvalue weighted by Crippen LogP contribution is 2.44. The molecule has 1 aromatic carbocycles. The summed E-state index contributed by atoms with van der Waals surface area (Å²) in [5.74, 6) is -1.31. The number of hydrogen-bond donors (Lipinski definition) is 3. The van der Waals surface area contributed by atoms with E-state index in [1.807, 2.05) is 18.2 Å². The second kappa shape index (κ2) is 6.72. The van der Waals surface area contributed by atoms with Crippen LogP contribution < -0.4 is 10.6 Å². The number of benzene rings is 1. The summed E-state index contributed by atoms with van der Waals surface area (Å²) in [5.41, 5.74) is 1.51. The van der Waals surface area contributed by atoms with E-state index in [9.17, 15) is 14.7 Å². The van der Waals surface area contributed by atoms with E-state index in [0.717, 1.165) is 31.2 Å². The molecule has 0 unspecified atom stereocenters. The third kappa shape index (κ3) is 4.04. The lowest BCUT2D eigenvalue weighted by Gasteiger charge is -2.13. The molecule has 5 nitrogen and oxygen atoms in total. The average molecular weight is 290 g/mol. The molecular weight excluding hydrogens is 268 g/mol. The number of rotatable bonds is 6. The first kappa shape index (κ1) is 15.5. The molecule has 0 aliphatic heterocycles. The van der Waals surface area contributed by atoms with Crippen molar-refractivity contribution in [3.05, 3.63) is 29.8 Å². The quantitative estimate of drug-likeness (QED) is 0.694. The number of aryl methyl sites for hydroxylation is 1. The fourth-order valence-corrected chi connectivity index (χ4v) is 2.22. The molecule has 0 saturated heterocycles. The predicted molar refractivity (Wildman–Crippen MR) is 80.8 cm³/mol. The summed E-state index contributed by atoms with van der Waals surface area (Å²) in [5, 5.41) is 14.4. The van der Waals surface area contributed by atoms with Gasteiger partial charge in [-0.05, 0) is 30.9 Å². The van der Waals surface area contributed by atoms with E-state index in [1.54, 1.807) is 6.07 Å². The van der Waals surface area contributed by atoms with Crippen LogP contribution in [0.25, 0.3) is 0 Å². The average Bonchev–Trinajstić information content (AvgIpc) is 3.27. The number of amides is 2. The zero-order chi connectivity index (χ0) is 15.3. The monoisotopic (exact) mass is 290 g/mol. The topological polar surface area (TPSA) is 78.4 Å². The van der Waals surface area contributed by atoms with Gasteiger partial charge in [-0.3, -0.25) is 9.59 Å². The number of aliphatic hydroxyl groups excluding tert-OH is 1. The molecule has 0 bridgehead atoms. The Labute approximate surface area is 124 Å². The number of para-hydroxylation sites is 1. The molecule has 2 rings (SSSR count).